The van der Waals surface area contributed by atoms with E-state index in [1.807, 2.05) is 31.2 Å². The molecule has 0 spiro atoms. The Labute approximate surface area is 130 Å². The first-order valence-corrected chi connectivity index (χ1v) is 7.78. The number of para-hydroxylation sites is 2. The Kier molecular flexibility index (Phi) is 4.42. The number of esters is 1. The summed E-state index contributed by atoms with van der Waals surface area (Å²) in [6, 6.07) is 15.7. The summed E-state index contributed by atoms with van der Waals surface area (Å²) in [5, 5.41) is 0. The van der Waals surface area contributed by atoms with Gasteiger partial charge in [0.1, 0.15) is 0 Å². The second-order valence-electron chi connectivity index (χ2n) is 5.49. The lowest BCUT2D eigenvalue weighted by molar-refractivity contribution is -0.134. The summed E-state index contributed by atoms with van der Waals surface area (Å²) in [4.78, 5) is 12.3. The van der Waals surface area contributed by atoms with E-state index in [0.29, 0.717) is 24.5 Å². The van der Waals surface area contributed by atoms with Gasteiger partial charge < -0.3 is 9.47 Å². The average molecular weight is 296 g/mol. The third kappa shape index (κ3) is 3.14. The highest BCUT2D eigenvalue weighted by Crippen LogP contribution is 2.36. The Hall–Kier alpha value is -2.29. The smallest absolute Gasteiger partial charge is 0.311 e. The van der Waals surface area contributed by atoms with Crippen molar-refractivity contribution in [2.24, 2.45) is 0 Å². The van der Waals surface area contributed by atoms with Crippen LogP contribution in [-0.2, 0) is 11.2 Å². The molecule has 1 atom stereocenters. The van der Waals surface area contributed by atoms with Crippen molar-refractivity contribution in [3.63, 3.8) is 0 Å². The lowest BCUT2D eigenvalue weighted by atomic mass is 9.98. The molecule has 0 radical (unpaired) electrons. The van der Waals surface area contributed by atoms with Gasteiger partial charge in [-0.25, -0.2) is 0 Å². The van der Waals surface area contributed by atoms with Gasteiger partial charge in [-0.15, -0.1) is 0 Å². The third-order valence-electron chi connectivity index (χ3n) is 4.04. The second-order valence-corrected chi connectivity index (χ2v) is 5.49. The van der Waals surface area contributed by atoms with Crippen molar-refractivity contribution in [1.82, 2.24) is 0 Å². The molecule has 3 nitrogen and oxygen atoms in total. The number of carbonyl (C=O) groups is 1. The highest BCUT2D eigenvalue weighted by molar-refractivity contribution is 5.74. The fourth-order valence-electron chi connectivity index (χ4n) is 3.03. The van der Waals surface area contributed by atoms with Crippen LogP contribution in [0.5, 0.6) is 11.5 Å². The van der Waals surface area contributed by atoms with Crippen molar-refractivity contribution < 1.29 is 14.3 Å². The van der Waals surface area contributed by atoms with Crippen LogP contribution < -0.4 is 9.47 Å². The normalized spacial score (nSPS) is 16.1. The van der Waals surface area contributed by atoms with E-state index >= 15 is 0 Å². The van der Waals surface area contributed by atoms with Crippen molar-refractivity contribution in [3.05, 3.63) is 59.7 Å². The predicted octanol–water partition coefficient (Wildman–Crippen LogP) is 4.11. The van der Waals surface area contributed by atoms with Gasteiger partial charge in [0.05, 0.1) is 13.0 Å². The van der Waals surface area contributed by atoms with Gasteiger partial charge in [0.15, 0.2) is 11.5 Å². The van der Waals surface area contributed by atoms with E-state index in [0.717, 1.165) is 12.8 Å². The Balaban J connectivity index is 1.67. The van der Waals surface area contributed by atoms with Crippen molar-refractivity contribution in [1.29, 1.82) is 0 Å². The average Bonchev–Trinajstić information content (AvgIpc) is 2.93. The van der Waals surface area contributed by atoms with Gasteiger partial charge >= 0.3 is 5.97 Å². The molecule has 0 aliphatic heterocycles. The van der Waals surface area contributed by atoms with E-state index < -0.39 is 0 Å². The molecule has 1 aliphatic rings. The van der Waals surface area contributed by atoms with Crippen molar-refractivity contribution in [3.8, 4) is 11.5 Å². The Morgan fingerprint density at radius 2 is 1.82 bits per heavy atom. The molecule has 1 aliphatic carbocycles. The van der Waals surface area contributed by atoms with Crippen LogP contribution in [0.25, 0.3) is 0 Å². The van der Waals surface area contributed by atoms with Crippen LogP contribution in [0.4, 0.5) is 0 Å². The van der Waals surface area contributed by atoms with Crippen LogP contribution >= 0.6 is 0 Å². The number of rotatable bonds is 5. The van der Waals surface area contributed by atoms with Gasteiger partial charge in [-0.05, 0) is 48.9 Å². The highest BCUT2D eigenvalue weighted by atomic mass is 16.6. The molecule has 22 heavy (non-hydrogen) atoms. The maximum atomic E-state index is 12.3. The molecule has 2 aromatic carbocycles. The fourth-order valence-corrected chi connectivity index (χ4v) is 3.03. The SMILES string of the molecule is CCOc1ccccc1OC(=O)CC1CCc2ccccc21. The van der Waals surface area contributed by atoms with E-state index in [-0.39, 0.29) is 11.9 Å². The molecule has 0 amide bonds. The Morgan fingerprint density at radius 3 is 2.64 bits per heavy atom. The summed E-state index contributed by atoms with van der Waals surface area (Å²) in [6.07, 6.45) is 2.47. The molecule has 2 aromatic rings. The summed E-state index contributed by atoms with van der Waals surface area (Å²) >= 11 is 0. The first-order chi connectivity index (χ1) is 10.8. The molecule has 0 saturated heterocycles. The standard InChI is InChI=1S/C19H20O3/c1-2-21-17-9-5-6-10-18(17)22-19(20)13-15-12-11-14-7-3-4-8-16(14)15/h3-10,15H,2,11-13H2,1H3. The number of ether oxygens (including phenoxy) is 2. The van der Waals surface area contributed by atoms with Gasteiger partial charge in [-0.2, -0.15) is 0 Å². The molecule has 0 saturated carbocycles. The summed E-state index contributed by atoms with van der Waals surface area (Å²) < 4.78 is 11.0. The number of hydrogen-bond donors (Lipinski definition) is 0. The zero-order chi connectivity index (χ0) is 15.4. The van der Waals surface area contributed by atoms with Crippen LogP contribution in [0.1, 0.15) is 36.8 Å². The minimum atomic E-state index is -0.200. The van der Waals surface area contributed by atoms with Crippen LogP contribution in [0.2, 0.25) is 0 Å². The first-order valence-electron chi connectivity index (χ1n) is 7.78. The fraction of sp³-hybridized carbons (Fsp3) is 0.316. The Bertz CT molecular complexity index is 663. The maximum Gasteiger partial charge on any atom is 0.311 e. The van der Waals surface area contributed by atoms with E-state index in [1.54, 1.807) is 6.07 Å². The van der Waals surface area contributed by atoms with Crippen molar-refractivity contribution >= 4 is 5.97 Å². The number of carbonyl (C=O) groups excluding carboxylic acids is 1. The van der Waals surface area contributed by atoms with Gasteiger partial charge in [0, 0.05) is 0 Å². The van der Waals surface area contributed by atoms with Gasteiger partial charge in [0.25, 0.3) is 0 Å². The van der Waals surface area contributed by atoms with Crippen LogP contribution in [0.15, 0.2) is 48.5 Å². The predicted molar refractivity (Wildman–Crippen MR) is 85.4 cm³/mol. The van der Waals surface area contributed by atoms with Crippen LogP contribution in [0, 0.1) is 0 Å². The first kappa shape index (κ1) is 14.6. The number of aryl methyl sites for hydroxylation is 1. The Morgan fingerprint density at radius 1 is 1.09 bits per heavy atom. The molecule has 114 valence electrons. The molecular formula is C19H20O3. The quantitative estimate of drug-likeness (QED) is 0.615. The summed E-state index contributed by atoms with van der Waals surface area (Å²) in [5.41, 5.74) is 2.65. The summed E-state index contributed by atoms with van der Waals surface area (Å²) in [6.45, 7) is 2.46. The van der Waals surface area contributed by atoms with Gasteiger partial charge in [-0.3, -0.25) is 4.79 Å². The molecule has 0 N–H and O–H groups in total. The third-order valence-corrected chi connectivity index (χ3v) is 4.04. The topological polar surface area (TPSA) is 35.5 Å². The van der Waals surface area contributed by atoms with Crippen LogP contribution in [-0.4, -0.2) is 12.6 Å². The largest absolute Gasteiger partial charge is 0.490 e. The number of hydrogen-bond acceptors (Lipinski definition) is 3. The minimum absolute atomic E-state index is 0.200. The maximum absolute atomic E-state index is 12.3. The highest BCUT2D eigenvalue weighted by Gasteiger charge is 2.25. The number of benzene rings is 2. The number of fused-ring (bicyclic) bond motifs is 1. The van der Waals surface area contributed by atoms with Gasteiger partial charge in [-0.1, -0.05) is 36.4 Å². The van der Waals surface area contributed by atoms with Gasteiger partial charge in [0.2, 0.25) is 0 Å². The zero-order valence-corrected chi connectivity index (χ0v) is 12.7. The van der Waals surface area contributed by atoms with E-state index in [2.05, 4.69) is 18.2 Å². The zero-order valence-electron chi connectivity index (χ0n) is 12.7. The second kappa shape index (κ2) is 6.65. The molecule has 0 bridgehead atoms. The molecule has 0 fully saturated rings. The summed E-state index contributed by atoms with van der Waals surface area (Å²) in [7, 11) is 0. The molecule has 3 rings (SSSR count). The molecule has 1 unspecified atom stereocenters. The lowest BCUT2D eigenvalue weighted by Crippen LogP contribution is -2.12. The molecular weight excluding hydrogens is 276 g/mol. The van der Waals surface area contributed by atoms with E-state index in [4.69, 9.17) is 9.47 Å². The van der Waals surface area contributed by atoms with Crippen molar-refractivity contribution in [2.45, 2.75) is 32.1 Å². The molecule has 0 aromatic heterocycles. The van der Waals surface area contributed by atoms with Crippen molar-refractivity contribution in [2.75, 3.05) is 6.61 Å². The van der Waals surface area contributed by atoms with Crippen LogP contribution in [0.3, 0.4) is 0 Å². The van der Waals surface area contributed by atoms with E-state index in [1.165, 1.54) is 11.1 Å². The molecule has 3 heteroatoms. The lowest BCUT2D eigenvalue weighted by Gasteiger charge is -2.13. The van der Waals surface area contributed by atoms with E-state index in [9.17, 15) is 4.79 Å². The summed E-state index contributed by atoms with van der Waals surface area (Å²) in [5.74, 6) is 1.18. The monoisotopic (exact) mass is 296 g/mol. The molecule has 0 heterocycles. The minimum Gasteiger partial charge on any atom is -0.490 e.